The standard InChI is InChI=1S/C21H23N7O2/c1-13-5-14(2)28(25-13)19-7-18(23-12-24-19)26-8-16-10-27(11-17(16)9-26)21(30)15-3-4-22-20(29)6-15/h3-7,12,16-17H,8-11H2,1-2H3,(H,22,29). The van der Waals surface area contributed by atoms with Gasteiger partial charge in [-0.25, -0.2) is 14.6 Å². The van der Waals surface area contributed by atoms with Gasteiger partial charge in [-0.05, 0) is 26.0 Å². The third-order valence-electron chi connectivity index (χ3n) is 5.98. The molecule has 30 heavy (non-hydrogen) atoms. The lowest BCUT2D eigenvalue weighted by Crippen LogP contribution is -2.34. The Labute approximate surface area is 173 Å². The lowest BCUT2D eigenvalue weighted by molar-refractivity contribution is 0.0782. The molecular weight excluding hydrogens is 382 g/mol. The Bertz CT molecular complexity index is 1150. The molecule has 0 aromatic carbocycles. The van der Waals surface area contributed by atoms with E-state index in [0.717, 1.165) is 36.1 Å². The zero-order valence-electron chi connectivity index (χ0n) is 16.9. The molecule has 0 aliphatic carbocycles. The van der Waals surface area contributed by atoms with Gasteiger partial charge in [0.1, 0.15) is 12.1 Å². The number of likely N-dealkylation sites (tertiary alicyclic amines) is 1. The summed E-state index contributed by atoms with van der Waals surface area (Å²) in [6, 6.07) is 7.02. The van der Waals surface area contributed by atoms with Gasteiger partial charge in [0.15, 0.2) is 5.82 Å². The summed E-state index contributed by atoms with van der Waals surface area (Å²) in [7, 11) is 0. The molecule has 3 aromatic heterocycles. The third kappa shape index (κ3) is 3.26. The van der Waals surface area contributed by atoms with Crippen molar-refractivity contribution < 1.29 is 4.79 Å². The number of H-pyrrole nitrogens is 1. The number of carbonyl (C=O) groups is 1. The summed E-state index contributed by atoms with van der Waals surface area (Å²) < 4.78 is 1.83. The van der Waals surface area contributed by atoms with Gasteiger partial charge < -0.3 is 14.8 Å². The lowest BCUT2D eigenvalue weighted by atomic mass is 10.0. The number of nitrogens with zero attached hydrogens (tertiary/aromatic N) is 6. The number of hydrogen-bond acceptors (Lipinski definition) is 6. The Morgan fingerprint density at radius 1 is 1.03 bits per heavy atom. The molecule has 9 nitrogen and oxygen atoms in total. The molecule has 2 atom stereocenters. The molecule has 2 unspecified atom stereocenters. The molecule has 5 rings (SSSR count). The van der Waals surface area contributed by atoms with Gasteiger partial charge in [0, 0.05) is 67.6 Å². The highest BCUT2D eigenvalue weighted by atomic mass is 16.2. The predicted octanol–water partition coefficient (Wildman–Crippen LogP) is 1.18. The van der Waals surface area contributed by atoms with Crippen molar-refractivity contribution in [3.63, 3.8) is 0 Å². The van der Waals surface area contributed by atoms with Gasteiger partial charge in [0.2, 0.25) is 5.56 Å². The second kappa shape index (κ2) is 7.08. The van der Waals surface area contributed by atoms with Crippen LogP contribution in [0.5, 0.6) is 0 Å². The number of rotatable bonds is 3. The largest absolute Gasteiger partial charge is 0.356 e. The maximum Gasteiger partial charge on any atom is 0.254 e. The Kier molecular flexibility index (Phi) is 4.38. The molecule has 2 fully saturated rings. The van der Waals surface area contributed by atoms with Crippen LogP contribution >= 0.6 is 0 Å². The molecule has 2 aliphatic heterocycles. The van der Waals surface area contributed by atoms with Crippen molar-refractivity contribution in [3.8, 4) is 5.82 Å². The Hall–Kier alpha value is -3.49. The fourth-order valence-electron chi connectivity index (χ4n) is 4.59. The number of amides is 1. The average molecular weight is 405 g/mol. The Morgan fingerprint density at radius 2 is 1.77 bits per heavy atom. The zero-order valence-corrected chi connectivity index (χ0v) is 16.9. The SMILES string of the molecule is Cc1cc(C)n(-c2cc(N3CC4CN(C(=O)c5cc[nH]c(=O)c5)CC4C3)ncn2)n1. The van der Waals surface area contributed by atoms with Crippen LogP contribution in [0.1, 0.15) is 21.7 Å². The van der Waals surface area contributed by atoms with Gasteiger partial charge in [0.25, 0.3) is 5.91 Å². The molecule has 2 saturated heterocycles. The van der Waals surface area contributed by atoms with Crippen molar-refractivity contribution in [1.82, 2.24) is 29.6 Å². The van der Waals surface area contributed by atoms with Crippen LogP contribution in [0.15, 0.2) is 41.6 Å². The van der Waals surface area contributed by atoms with Gasteiger partial charge in [-0.2, -0.15) is 5.10 Å². The van der Waals surface area contributed by atoms with Crippen molar-refractivity contribution in [2.24, 2.45) is 11.8 Å². The van der Waals surface area contributed by atoms with E-state index in [4.69, 9.17) is 0 Å². The maximum atomic E-state index is 12.7. The highest BCUT2D eigenvalue weighted by molar-refractivity contribution is 5.94. The van der Waals surface area contributed by atoms with Crippen molar-refractivity contribution in [3.05, 3.63) is 64.1 Å². The normalized spacial score (nSPS) is 20.6. The first-order valence-electron chi connectivity index (χ1n) is 10.1. The molecule has 154 valence electrons. The molecule has 0 bridgehead atoms. The molecular formula is C21H23N7O2. The van der Waals surface area contributed by atoms with Crippen LogP contribution in [0.3, 0.4) is 0 Å². The van der Waals surface area contributed by atoms with E-state index in [9.17, 15) is 9.59 Å². The van der Waals surface area contributed by atoms with Crippen LogP contribution in [-0.4, -0.2) is 61.7 Å². The number of carbonyl (C=O) groups excluding carboxylic acids is 1. The number of anilines is 1. The minimum atomic E-state index is -0.256. The maximum absolute atomic E-state index is 12.7. The first-order valence-corrected chi connectivity index (χ1v) is 10.1. The number of fused-ring (bicyclic) bond motifs is 1. The summed E-state index contributed by atoms with van der Waals surface area (Å²) in [5.41, 5.74) is 2.17. The van der Waals surface area contributed by atoms with Crippen molar-refractivity contribution >= 4 is 11.7 Å². The van der Waals surface area contributed by atoms with Crippen LogP contribution in [0.4, 0.5) is 5.82 Å². The number of hydrogen-bond donors (Lipinski definition) is 1. The van der Waals surface area contributed by atoms with Crippen LogP contribution in [0, 0.1) is 25.7 Å². The number of aromatic nitrogens is 5. The number of pyridine rings is 1. The van der Waals surface area contributed by atoms with Gasteiger partial charge >= 0.3 is 0 Å². The number of nitrogens with one attached hydrogen (secondary N) is 1. The summed E-state index contributed by atoms with van der Waals surface area (Å²) >= 11 is 0. The molecule has 1 N–H and O–H groups in total. The summed E-state index contributed by atoms with van der Waals surface area (Å²) in [5.74, 6) is 2.35. The predicted molar refractivity (Wildman–Crippen MR) is 111 cm³/mol. The summed E-state index contributed by atoms with van der Waals surface area (Å²) in [5, 5.41) is 4.51. The second-order valence-electron chi connectivity index (χ2n) is 8.15. The van der Waals surface area contributed by atoms with Crippen molar-refractivity contribution in [2.45, 2.75) is 13.8 Å². The quantitative estimate of drug-likeness (QED) is 0.702. The highest BCUT2D eigenvalue weighted by Gasteiger charge is 2.42. The van der Waals surface area contributed by atoms with Gasteiger partial charge in [-0.15, -0.1) is 0 Å². The van der Waals surface area contributed by atoms with E-state index in [2.05, 4.69) is 25.0 Å². The third-order valence-corrected chi connectivity index (χ3v) is 5.98. The van der Waals surface area contributed by atoms with Crippen molar-refractivity contribution in [1.29, 1.82) is 0 Å². The molecule has 0 saturated carbocycles. The molecule has 1 amide bonds. The van der Waals surface area contributed by atoms with Gasteiger partial charge in [0.05, 0.1) is 5.69 Å². The van der Waals surface area contributed by atoms with Crippen molar-refractivity contribution in [2.75, 3.05) is 31.1 Å². The summed E-state index contributed by atoms with van der Waals surface area (Å²) in [4.78, 5) is 39.8. The fraction of sp³-hybridized carbons (Fsp3) is 0.381. The smallest absolute Gasteiger partial charge is 0.254 e. The van der Waals surface area contributed by atoms with Crippen LogP contribution in [0.25, 0.3) is 5.82 Å². The first-order chi connectivity index (χ1) is 14.5. The Morgan fingerprint density at radius 3 is 2.43 bits per heavy atom. The average Bonchev–Trinajstić information content (AvgIpc) is 3.40. The van der Waals surface area contributed by atoms with Gasteiger partial charge in [-0.1, -0.05) is 0 Å². The van der Waals surface area contributed by atoms with Crippen LogP contribution in [-0.2, 0) is 0 Å². The fourth-order valence-corrected chi connectivity index (χ4v) is 4.59. The van der Waals surface area contributed by atoms with E-state index in [1.807, 2.05) is 35.6 Å². The molecule has 9 heteroatoms. The van der Waals surface area contributed by atoms with E-state index in [1.165, 1.54) is 12.3 Å². The molecule has 5 heterocycles. The molecule has 0 spiro atoms. The lowest BCUT2D eigenvalue weighted by Gasteiger charge is -2.22. The summed E-state index contributed by atoms with van der Waals surface area (Å²) in [6.07, 6.45) is 3.10. The topological polar surface area (TPSA) is 100 Å². The summed E-state index contributed by atoms with van der Waals surface area (Å²) in [6.45, 7) is 7.05. The zero-order chi connectivity index (χ0) is 20.8. The van der Waals surface area contributed by atoms with E-state index in [-0.39, 0.29) is 11.5 Å². The minimum Gasteiger partial charge on any atom is -0.356 e. The van der Waals surface area contributed by atoms with E-state index >= 15 is 0 Å². The van der Waals surface area contributed by atoms with Gasteiger partial charge in [-0.3, -0.25) is 9.59 Å². The molecule has 2 aliphatic rings. The highest BCUT2D eigenvalue weighted by Crippen LogP contribution is 2.34. The number of aromatic amines is 1. The number of aryl methyl sites for hydroxylation is 2. The first kappa shape index (κ1) is 18.5. The minimum absolute atomic E-state index is 0.0732. The van der Waals surface area contributed by atoms with E-state index < -0.39 is 0 Å². The van der Waals surface area contributed by atoms with E-state index in [0.29, 0.717) is 30.5 Å². The Balaban J connectivity index is 1.29. The second-order valence-corrected chi connectivity index (χ2v) is 8.15. The molecule has 0 radical (unpaired) electrons. The monoisotopic (exact) mass is 405 g/mol. The van der Waals surface area contributed by atoms with E-state index in [1.54, 1.807) is 12.4 Å². The van der Waals surface area contributed by atoms with Crippen LogP contribution in [0.2, 0.25) is 0 Å². The molecule has 3 aromatic rings. The van der Waals surface area contributed by atoms with Crippen LogP contribution < -0.4 is 10.5 Å².